The summed E-state index contributed by atoms with van der Waals surface area (Å²) in [7, 11) is 1.50. The molecular formula is C18H18Cl2N4O5S2. The Morgan fingerprint density at radius 3 is 2.84 bits per heavy atom. The molecule has 1 saturated heterocycles. The smallest absolute Gasteiger partial charge is 0.304 e. The van der Waals surface area contributed by atoms with Gasteiger partial charge in [-0.25, -0.2) is 4.68 Å². The third-order valence-electron chi connectivity index (χ3n) is 4.85. The van der Waals surface area contributed by atoms with Gasteiger partial charge in [0.1, 0.15) is 35.5 Å². The number of rotatable bonds is 6. The highest BCUT2D eigenvalue weighted by molar-refractivity contribution is 7.99. The second-order valence-electron chi connectivity index (χ2n) is 6.75. The van der Waals surface area contributed by atoms with Crippen LogP contribution in [0.1, 0.15) is 6.04 Å². The van der Waals surface area contributed by atoms with Crippen LogP contribution in [0, 0.1) is 0 Å². The lowest BCUT2D eigenvalue weighted by atomic mass is 9.97. The number of halogens is 2. The van der Waals surface area contributed by atoms with Crippen LogP contribution in [-0.2, 0) is 9.47 Å². The maximum Gasteiger partial charge on any atom is 0.304 e. The third kappa shape index (κ3) is 4.69. The van der Waals surface area contributed by atoms with E-state index in [1.807, 2.05) is 0 Å². The van der Waals surface area contributed by atoms with Gasteiger partial charge in [0.2, 0.25) is 0 Å². The molecule has 0 amide bonds. The Balaban J connectivity index is 1.65. The topological polar surface area (TPSA) is 122 Å². The van der Waals surface area contributed by atoms with Crippen molar-refractivity contribution in [3.05, 3.63) is 49.5 Å². The Bertz CT molecular complexity index is 1110. The van der Waals surface area contributed by atoms with Crippen molar-refractivity contribution < 1.29 is 19.7 Å². The van der Waals surface area contributed by atoms with Gasteiger partial charge in [-0.15, -0.1) is 5.10 Å². The van der Waals surface area contributed by atoms with Crippen LogP contribution in [0.2, 0.25) is 10.0 Å². The Hall–Kier alpha value is -1.44. The predicted octanol–water partition coefficient (Wildman–Crippen LogP) is 2.43. The van der Waals surface area contributed by atoms with Gasteiger partial charge in [-0.05, 0) is 18.2 Å². The third-order valence-corrected chi connectivity index (χ3v) is 7.40. The van der Waals surface area contributed by atoms with Crippen LogP contribution in [0.5, 0.6) is 0 Å². The largest absolute Gasteiger partial charge is 0.394 e. The number of methoxy groups -OCH3 is 1. The standard InChI is InChI=1S/C18H18Cl2N4O5S2/c1-28-16-14(24-5-11(22-23-24)12-7-30-18(27)21-12)15(26)13(6-25)29-17(16)31-8-2-3-9(19)10(20)4-8/h2-5,7,13-17,25-26H,6H2,1H3,(H,21,27). The van der Waals surface area contributed by atoms with Gasteiger partial charge in [-0.1, -0.05) is 51.5 Å². The zero-order chi connectivity index (χ0) is 22.1. The molecule has 4 rings (SSSR count). The first-order valence-electron chi connectivity index (χ1n) is 9.10. The van der Waals surface area contributed by atoms with E-state index in [-0.39, 0.29) is 4.87 Å². The van der Waals surface area contributed by atoms with Crippen molar-refractivity contribution in [2.24, 2.45) is 0 Å². The lowest BCUT2D eigenvalue weighted by Gasteiger charge is -2.43. The van der Waals surface area contributed by atoms with E-state index in [9.17, 15) is 15.0 Å². The highest BCUT2D eigenvalue weighted by Crippen LogP contribution is 2.40. The van der Waals surface area contributed by atoms with Crippen molar-refractivity contribution in [1.82, 2.24) is 20.0 Å². The average Bonchev–Trinajstić information content (AvgIpc) is 3.40. The molecule has 13 heteroatoms. The fourth-order valence-electron chi connectivity index (χ4n) is 3.34. The SMILES string of the molecule is COC1C(Sc2ccc(Cl)c(Cl)c2)OC(CO)C(O)C1n1cc(-c2csc(=O)[nH]2)nn1. The summed E-state index contributed by atoms with van der Waals surface area (Å²) < 4.78 is 13.1. The molecule has 3 N–H and O–H groups in total. The van der Waals surface area contributed by atoms with Crippen molar-refractivity contribution in [3.63, 3.8) is 0 Å². The van der Waals surface area contributed by atoms with Crippen molar-refractivity contribution in [2.45, 2.75) is 34.7 Å². The van der Waals surface area contributed by atoms with Gasteiger partial charge < -0.3 is 24.7 Å². The Morgan fingerprint density at radius 2 is 2.19 bits per heavy atom. The van der Waals surface area contributed by atoms with Gasteiger partial charge in [0.05, 0.1) is 28.5 Å². The van der Waals surface area contributed by atoms with Crippen LogP contribution >= 0.6 is 46.3 Å². The zero-order valence-corrected chi connectivity index (χ0v) is 19.2. The molecule has 0 saturated carbocycles. The molecule has 0 radical (unpaired) electrons. The van der Waals surface area contributed by atoms with Crippen molar-refractivity contribution >= 4 is 46.3 Å². The molecule has 1 aliphatic heterocycles. The lowest BCUT2D eigenvalue weighted by Crippen LogP contribution is -2.55. The van der Waals surface area contributed by atoms with Crippen molar-refractivity contribution in [1.29, 1.82) is 0 Å². The number of hydrogen-bond donors (Lipinski definition) is 3. The van der Waals surface area contributed by atoms with E-state index in [0.717, 1.165) is 16.2 Å². The van der Waals surface area contributed by atoms with Gasteiger partial charge in [0.25, 0.3) is 0 Å². The second-order valence-corrected chi connectivity index (χ2v) is 9.57. The monoisotopic (exact) mass is 504 g/mol. The van der Waals surface area contributed by atoms with Gasteiger partial charge in [0, 0.05) is 17.4 Å². The maximum absolute atomic E-state index is 11.4. The molecule has 2 aromatic heterocycles. The minimum absolute atomic E-state index is 0.205. The molecule has 0 aliphatic carbocycles. The number of thioether (sulfide) groups is 1. The second kappa shape index (κ2) is 9.59. The Morgan fingerprint density at radius 1 is 1.39 bits per heavy atom. The number of nitrogens with one attached hydrogen (secondary N) is 1. The summed E-state index contributed by atoms with van der Waals surface area (Å²) in [6.07, 6.45) is -1.02. The molecule has 3 aromatic rings. The number of aromatic nitrogens is 4. The summed E-state index contributed by atoms with van der Waals surface area (Å²) in [5, 5.41) is 31.4. The van der Waals surface area contributed by atoms with E-state index < -0.39 is 36.4 Å². The molecule has 0 spiro atoms. The summed E-state index contributed by atoms with van der Waals surface area (Å²) in [4.78, 5) is 14.7. The molecule has 3 heterocycles. The van der Waals surface area contributed by atoms with Gasteiger partial charge in [-0.2, -0.15) is 0 Å². The lowest BCUT2D eigenvalue weighted by molar-refractivity contribution is -0.186. The molecule has 166 valence electrons. The molecule has 5 unspecified atom stereocenters. The number of ether oxygens (including phenoxy) is 2. The van der Waals surface area contributed by atoms with Gasteiger partial charge >= 0.3 is 4.87 Å². The predicted molar refractivity (Wildman–Crippen MR) is 118 cm³/mol. The maximum atomic E-state index is 11.4. The van der Waals surface area contributed by atoms with E-state index in [2.05, 4.69) is 15.3 Å². The summed E-state index contributed by atoms with van der Waals surface area (Å²) >= 11 is 14.5. The van der Waals surface area contributed by atoms with E-state index in [1.54, 1.807) is 29.8 Å². The summed E-state index contributed by atoms with van der Waals surface area (Å²) in [5.74, 6) is 0. The van der Waals surface area contributed by atoms with E-state index in [1.165, 1.54) is 23.6 Å². The molecule has 9 nitrogen and oxygen atoms in total. The fourth-order valence-corrected chi connectivity index (χ4v) is 5.49. The van der Waals surface area contributed by atoms with Crippen LogP contribution in [0.4, 0.5) is 0 Å². The summed E-state index contributed by atoms with van der Waals surface area (Å²) in [6, 6.07) is 4.48. The van der Waals surface area contributed by atoms with Crippen LogP contribution in [0.3, 0.4) is 0 Å². The molecule has 1 fully saturated rings. The summed E-state index contributed by atoms with van der Waals surface area (Å²) in [6.45, 7) is -0.397. The fraction of sp³-hybridized carbons (Fsp3) is 0.389. The molecule has 0 bridgehead atoms. The average molecular weight is 505 g/mol. The van der Waals surface area contributed by atoms with E-state index in [0.29, 0.717) is 21.4 Å². The number of aliphatic hydroxyl groups is 2. The van der Waals surface area contributed by atoms with Crippen LogP contribution in [0.15, 0.2) is 39.5 Å². The number of benzene rings is 1. The Kier molecular flexibility index (Phi) is 7.04. The number of nitrogens with zero attached hydrogens (tertiary/aromatic N) is 3. The normalized spacial score (nSPS) is 26.3. The number of aromatic amines is 1. The first kappa shape index (κ1) is 22.7. The van der Waals surface area contributed by atoms with Gasteiger partial charge in [-0.3, -0.25) is 4.79 Å². The number of aliphatic hydroxyl groups excluding tert-OH is 2. The molecule has 5 atom stereocenters. The number of H-pyrrole nitrogens is 1. The van der Waals surface area contributed by atoms with Crippen LogP contribution in [-0.4, -0.2) is 67.7 Å². The van der Waals surface area contributed by atoms with Crippen LogP contribution < -0.4 is 4.87 Å². The number of hydrogen-bond acceptors (Lipinski definition) is 9. The van der Waals surface area contributed by atoms with E-state index >= 15 is 0 Å². The summed E-state index contributed by atoms with van der Waals surface area (Å²) in [5.41, 5.74) is 0.375. The van der Waals surface area contributed by atoms with Crippen LogP contribution in [0.25, 0.3) is 11.4 Å². The highest BCUT2D eigenvalue weighted by atomic mass is 35.5. The molecule has 1 aliphatic rings. The minimum atomic E-state index is -1.11. The van der Waals surface area contributed by atoms with Crippen molar-refractivity contribution in [2.75, 3.05) is 13.7 Å². The minimum Gasteiger partial charge on any atom is -0.394 e. The zero-order valence-electron chi connectivity index (χ0n) is 16.0. The van der Waals surface area contributed by atoms with Gasteiger partial charge in [0.15, 0.2) is 0 Å². The molecular weight excluding hydrogens is 487 g/mol. The van der Waals surface area contributed by atoms with E-state index in [4.69, 9.17) is 32.7 Å². The molecule has 1 aromatic carbocycles. The quantitative estimate of drug-likeness (QED) is 0.467. The van der Waals surface area contributed by atoms with Crippen molar-refractivity contribution in [3.8, 4) is 11.4 Å². The Labute approximate surface area is 194 Å². The highest BCUT2D eigenvalue weighted by Gasteiger charge is 2.47. The number of thiazole rings is 1. The first-order valence-corrected chi connectivity index (χ1v) is 11.6. The first-order chi connectivity index (χ1) is 14.9. The molecule has 31 heavy (non-hydrogen) atoms.